The van der Waals surface area contributed by atoms with Crippen LogP contribution in [0.4, 0.5) is 5.82 Å². The first-order chi connectivity index (χ1) is 9.69. The molecule has 0 atom stereocenters. The smallest absolute Gasteiger partial charge is 0.137 e. The first kappa shape index (κ1) is 18.2. The van der Waals surface area contributed by atoms with Crippen LogP contribution in [0.3, 0.4) is 0 Å². The van der Waals surface area contributed by atoms with Gasteiger partial charge in [-0.1, -0.05) is 46.2 Å². The Morgan fingerprint density at radius 3 is 2.14 bits per heavy atom. The highest BCUT2D eigenvalue weighted by Gasteiger charge is 2.26. The third-order valence-corrected chi connectivity index (χ3v) is 4.59. The second-order valence-corrected chi connectivity index (χ2v) is 7.14. The third kappa shape index (κ3) is 4.30. The van der Waals surface area contributed by atoms with Crippen molar-refractivity contribution >= 4 is 17.4 Å². The van der Waals surface area contributed by atoms with Gasteiger partial charge in [-0.15, -0.1) is 0 Å². The van der Waals surface area contributed by atoms with Crippen LogP contribution in [-0.2, 0) is 5.41 Å². The molecule has 0 aromatic carbocycles. The number of nitrogens with zero attached hydrogens (tertiary/aromatic N) is 2. The number of hydrogen-bond donors (Lipinski definition) is 2. The fraction of sp³-hybridized carbons (Fsp3) is 0.750. The quantitative estimate of drug-likeness (QED) is 0.781. The number of nitrogens with one attached hydrogen (secondary N) is 1. The van der Waals surface area contributed by atoms with E-state index in [-0.39, 0.29) is 17.4 Å². The molecule has 120 valence electrons. The summed E-state index contributed by atoms with van der Waals surface area (Å²) in [5.74, 6) is 1.49. The van der Waals surface area contributed by atoms with E-state index in [1.165, 1.54) is 0 Å². The molecular formula is C16H28ClN3O. The standard InChI is InChI=1S/C16H28ClN3O/c1-7-16(8-2,10-21)9-18-13-11(3)12(17)19-14(20-13)15(4,5)6/h21H,7-10H2,1-6H3,(H,18,19,20). The Kier molecular flexibility index (Phi) is 6.00. The molecule has 2 N–H and O–H groups in total. The molecule has 0 aliphatic carbocycles. The Labute approximate surface area is 133 Å². The van der Waals surface area contributed by atoms with Crippen molar-refractivity contribution in [3.05, 3.63) is 16.5 Å². The van der Waals surface area contributed by atoms with Crippen LogP contribution in [0, 0.1) is 12.3 Å². The van der Waals surface area contributed by atoms with Crippen LogP contribution in [0.15, 0.2) is 0 Å². The second kappa shape index (κ2) is 6.93. The third-order valence-electron chi connectivity index (χ3n) is 4.22. The SMILES string of the molecule is CCC(CC)(CO)CNc1nc(C(C)(C)C)nc(Cl)c1C. The number of hydrogen-bond acceptors (Lipinski definition) is 4. The number of aliphatic hydroxyl groups is 1. The maximum atomic E-state index is 9.66. The van der Waals surface area contributed by atoms with Gasteiger partial charge in [-0.05, 0) is 19.8 Å². The lowest BCUT2D eigenvalue weighted by molar-refractivity contribution is 0.127. The summed E-state index contributed by atoms with van der Waals surface area (Å²) in [5, 5.41) is 13.5. The minimum Gasteiger partial charge on any atom is -0.396 e. The molecule has 0 fully saturated rings. The predicted octanol–water partition coefficient (Wildman–Crippen LogP) is 3.95. The number of rotatable bonds is 6. The average Bonchev–Trinajstić information content (AvgIpc) is 2.43. The van der Waals surface area contributed by atoms with Gasteiger partial charge in [-0.25, -0.2) is 9.97 Å². The van der Waals surface area contributed by atoms with Crippen LogP contribution in [0.25, 0.3) is 0 Å². The van der Waals surface area contributed by atoms with E-state index in [1.807, 2.05) is 6.92 Å². The van der Waals surface area contributed by atoms with Gasteiger partial charge in [0, 0.05) is 22.9 Å². The van der Waals surface area contributed by atoms with Gasteiger partial charge in [-0.3, -0.25) is 0 Å². The van der Waals surface area contributed by atoms with Crippen molar-refractivity contribution < 1.29 is 5.11 Å². The van der Waals surface area contributed by atoms with Gasteiger partial charge < -0.3 is 10.4 Å². The van der Waals surface area contributed by atoms with E-state index in [0.29, 0.717) is 11.7 Å². The summed E-state index contributed by atoms with van der Waals surface area (Å²) >= 11 is 6.24. The Morgan fingerprint density at radius 2 is 1.71 bits per heavy atom. The van der Waals surface area contributed by atoms with E-state index >= 15 is 0 Å². The molecule has 21 heavy (non-hydrogen) atoms. The van der Waals surface area contributed by atoms with Gasteiger partial charge in [0.15, 0.2) is 0 Å². The van der Waals surface area contributed by atoms with Gasteiger partial charge in [0.2, 0.25) is 0 Å². The van der Waals surface area contributed by atoms with Gasteiger partial charge in [-0.2, -0.15) is 0 Å². The molecule has 0 aliphatic rings. The molecule has 0 radical (unpaired) electrons. The number of aromatic nitrogens is 2. The van der Waals surface area contributed by atoms with Gasteiger partial charge in [0.05, 0.1) is 6.61 Å². The van der Waals surface area contributed by atoms with E-state index in [4.69, 9.17) is 11.6 Å². The average molecular weight is 314 g/mol. The normalized spacial score (nSPS) is 12.6. The van der Waals surface area contributed by atoms with Crippen LogP contribution in [0.1, 0.15) is 58.8 Å². The lowest BCUT2D eigenvalue weighted by Crippen LogP contribution is -2.33. The van der Waals surface area contributed by atoms with E-state index < -0.39 is 0 Å². The molecule has 0 saturated heterocycles. The highest BCUT2D eigenvalue weighted by molar-refractivity contribution is 6.30. The molecule has 0 unspecified atom stereocenters. The first-order valence-corrected chi connectivity index (χ1v) is 7.96. The van der Waals surface area contributed by atoms with Crippen LogP contribution in [-0.4, -0.2) is 28.2 Å². The van der Waals surface area contributed by atoms with Crippen molar-refractivity contribution in [3.8, 4) is 0 Å². The molecule has 5 heteroatoms. The molecule has 1 rings (SSSR count). The van der Waals surface area contributed by atoms with Gasteiger partial charge in [0.25, 0.3) is 0 Å². The minimum atomic E-state index is -0.155. The monoisotopic (exact) mass is 313 g/mol. The van der Waals surface area contributed by atoms with Crippen molar-refractivity contribution in [1.29, 1.82) is 0 Å². The molecule has 0 spiro atoms. The van der Waals surface area contributed by atoms with Crippen molar-refractivity contribution in [2.24, 2.45) is 5.41 Å². The zero-order valence-electron chi connectivity index (χ0n) is 14.0. The molecule has 1 heterocycles. The van der Waals surface area contributed by atoms with E-state index in [9.17, 15) is 5.11 Å². The van der Waals surface area contributed by atoms with Crippen LogP contribution < -0.4 is 5.32 Å². The molecule has 4 nitrogen and oxygen atoms in total. The largest absolute Gasteiger partial charge is 0.396 e. The summed E-state index contributed by atoms with van der Waals surface area (Å²) in [6.07, 6.45) is 1.83. The number of anilines is 1. The second-order valence-electron chi connectivity index (χ2n) is 6.78. The topological polar surface area (TPSA) is 58.0 Å². The predicted molar refractivity (Wildman–Crippen MR) is 89.1 cm³/mol. The van der Waals surface area contributed by atoms with Crippen LogP contribution in [0.2, 0.25) is 5.15 Å². The summed E-state index contributed by atoms with van der Waals surface area (Å²) < 4.78 is 0. The Morgan fingerprint density at radius 1 is 1.14 bits per heavy atom. The highest BCUT2D eigenvalue weighted by Crippen LogP contribution is 2.29. The molecule has 0 aliphatic heterocycles. The van der Waals surface area contributed by atoms with Crippen LogP contribution in [0.5, 0.6) is 0 Å². The lowest BCUT2D eigenvalue weighted by Gasteiger charge is -2.30. The maximum absolute atomic E-state index is 9.66. The summed E-state index contributed by atoms with van der Waals surface area (Å²) in [6.45, 7) is 13.1. The van der Waals surface area contributed by atoms with E-state index in [1.54, 1.807) is 0 Å². The fourth-order valence-corrected chi connectivity index (χ4v) is 2.22. The Bertz CT molecular complexity index is 471. The van der Waals surface area contributed by atoms with E-state index in [2.05, 4.69) is 49.9 Å². The highest BCUT2D eigenvalue weighted by atomic mass is 35.5. The van der Waals surface area contributed by atoms with E-state index in [0.717, 1.165) is 30.0 Å². The zero-order valence-corrected chi connectivity index (χ0v) is 14.8. The molecular weight excluding hydrogens is 286 g/mol. The lowest BCUT2D eigenvalue weighted by atomic mass is 9.83. The summed E-state index contributed by atoms with van der Waals surface area (Å²) in [6, 6.07) is 0. The Balaban J connectivity index is 3.06. The Hall–Kier alpha value is -0.870. The molecule has 1 aromatic heterocycles. The van der Waals surface area contributed by atoms with Crippen LogP contribution >= 0.6 is 11.6 Å². The van der Waals surface area contributed by atoms with Crippen molar-refractivity contribution in [3.63, 3.8) is 0 Å². The summed E-state index contributed by atoms with van der Waals surface area (Å²) in [7, 11) is 0. The zero-order chi connectivity index (χ0) is 16.3. The molecule has 0 amide bonds. The van der Waals surface area contributed by atoms with Gasteiger partial charge >= 0.3 is 0 Å². The molecule has 0 bridgehead atoms. The molecule has 0 saturated carbocycles. The first-order valence-electron chi connectivity index (χ1n) is 7.58. The maximum Gasteiger partial charge on any atom is 0.137 e. The number of halogens is 1. The van der Waals surface area contributed by atoms with Crippen molar-refractivity contribution in [1.82, 2.24) is 9.97 Å². The number of aliphatic hydroxyl groups excluding tert-OH is 1. The summed E-state index contributed by atoms with van der Waals surface area (Å²) in [5.41, 5.74) is 0.576. The van der Waals surface area contributed by atoms with Gasteiger partial charge in [0.1, 0.15) is 16.8 Å². The van der Waals surface area contributed by atoms with Crippen molar-refractivity contribution in [2.45, 2.75) is 59.8 Å². The summed E-state index contributed by atoms with van der Waals surface area (Å²) in [4.78, 5) is 9.00. The fourth-order valence-electron chi connectivity index (χ4n) is 2.05. The minimum absolute atomic E-state index is 0.119. The molecule has 1 aromatic rings. The van der Waals surface area contributed by atoms with Crippen molar-refractivity contribution in [2.75, 3.05) is 18.5 Å².